The fourth-order valence-corrected chi connectivity index (χ4v) is 3.36. The molecular formula is C19H23F2N3O2. The Bertz CT molecular complexity index is 783. The highest BCUT2D eigenvalue weighted by Crippen LogP contribution is 2.25. The number of halogens is 2. The summed E-state index contributed by atoms with van der Waals surface area (Å²) in [6.45, 7) is 4.89. The summed E-state index contributed by atoms with van der Waals surface area (Å²) in [6, 6.07) is 3.37. The van der Waals surface area contributed by atoms with E-state index in [9.17, 15) is 13.6 Å². The number of piperidine rings is 1. The number of hydrogen-bond donors (Lipinski definition) is 1. The Kier molecular flexibility index (Phi) is 5.54. The van der Waals surface area contributed by atoms with Crippen molar-refractivity contribution in [2.45, 2.75) is 39.5 Å². The third kappa shape index (κ3) is 4.03. The minimum absolute atomic E-state index is 0.179. The summed E-state index contributed by atoms with van der Waals surface area (Å²) < 4.78 is 32.3. The van der Waals surface area contributed by atoms with Crippen molar-refractivity contribution in [3.63, 3.8) is 0 Å². The van der Waals surface area contributed by atoms with Gasteiger partial charge in [0.1, 0.15) is 23.0 Å². The van der Waals surface area contributed by atoms with Crippen molar-refractivity contribution in [2.24, 2.45) is 5.92 Å². The van der Waals surface area contributed by atoms with Crippen LogP contribution in [0.25, 0.3) is 0 Å². The van der Waals surface area contributed by atoms with Gasteiger partial charge in [-0.2, -0.15) is 0 Å². The lowest BCUT2D eigenvalue weighted by molar-refractivity contribution is 0.182. The predicted octanol–water partition coefficient (Wildman–Crippen LogP) is 4.31. The minimum atomic E-state index is -0.422. The van der Waals surface area contributed by atoms with Gasteiger partial charge in [-0.3, -0.25) is 0 Å². The largest absolute Gasteiger partial charge is 0.359 e. The maximum absolute atomic E-state index is 13.8. The van der Waals surface area contributed by atoms with Crippen molar-refractivity contribution >= 4 is 11.7 Å². The molecule has 0 unspecified atom stereocenters. The molecule has 0 bridgehead atoms. The number of carbonyl (C=O) groups is 1. The highest BCUT2D eigenvalue weighted by Gasteiger charge is 2.25. The SMILES string of the molecule is CCc1onc(C)c1NC(=O)N1CCC(Cc2cc(F)ccc2F)CC1. The molecule has 1 aliphatic rings. The van der Waals surface area contributed by atoms with Crippen LogP contribution in [0.4, 0.5) is 19.3 Å². The molecule has 140 valence electrons. The molecule has 26 heavy (non-hydrogen) atoms. The molecule has 0 atom stereocenters. The molecule has 0 spiro atoms. The first-order chi connectivity index (χ1) is 12.5. The summed E-state index contributed by atoms with van der Waals surface area (Å²) in [5.74, 6) is 0.0989. The fourth-order valence-electron chi connectivity index (χ4n) is 3.36. The molecule has 1 saturated heterocycles. The number of aryl methyl sites for hydroxylation is 2. The number of carbonyl (C=O) groups excluding carboxylic acids is 1. The van der Waals surface area contributed by atoms with E-state index in [1.165, 1.54) is 12.1 Å². The second kappa shape index (κ2) is 7.85. The number of likely N-dealkylation sites (tertiary alicyclic amines) is 1. The molecule has 5 nitrogen and oxygen atoms in total. The summed E-state index contributed by atoms with van der Waals surface area (Å²) in [6.07, 6.45) is 2.65. The van der Waals surface area contributed by atoms with E-state index < -0.39 is 5.82 Å². The Balaban J connectivity index is 1.55. The molecule has 2 aromatic rings. The van der Waals surface area contributed by atoms with Gasteiger partial charge in [0.25, 0.3) is 0 Å². The van der Waals surface area contributed by atoms with Crippen LogP contribution in [0, 0.1) is 24.5 Å². The zero-order valence-corrected chi connectivity index (χ0v) is 15.0. The summed E-state index contributed by atoms with van der Waals surface area (Å²) >= 11 is 0. The summed E-state index contributed by atoms with van der Waals surface area (Å²) in [5, 5.41) is 6.77. The van der Waals surface area contributed by atoms with E-state index in [4.69, 9.17) is 4.52 Å². The van der Waals surface area contributed by atoms with Gasteiger partial charge in [0.05, 0.1) is 0 Å². The third-order valence-electron chi connectivity index (χ3n) is 4.90. The van der Waals surface area contributed by atoms with Crippen LogP contribution < -0.4 is 5.32 Å². The maximum atomic E-state index is 13.8. The van der Waals surface area contributed by atoms with Crippen molar-refractivity contribution in [3.8, 4) is 0 Å². The molecule has 3 rings (SSSR count). The first kappa shape index (κ1) is 18.4. The van der Waals surface area contributed by atoms with Crippen LogP contribution in [0.1, 0.15) is 36.8 Å². The highest BCUT2D eigenvalue weighted by molar-refractivity contribution is 5.90. The number of nitrogens with one attached hydrogen (secondary N) is 1. The zero-order valence-electron chi connectivity index (χ0n) is 15.0. The van der Waals surface area contributed by atoms with Crippen LogP contribution in [0.5, 0.6) is 0 Å². The quantitative estimate of drug-likeness (QED) is 0.881. The van der Waals surface area contributed by atoms with Gasteiger partial charge in [-0.15, -0.1) is 0 Å². The van der Waals surface area contributed by atoms with Crippen molar-refractivity contribution in [1.82, 2.24) is 10.1 Å². The number of rotatable bonds is 4. The molecule has 0 radical (unpaired) electrons. The average molecular weight is 363 g/mol. The Labute approximate surface area is 151 Å². The lowest BCUT2D eigenvalue weighted by Gasteiger charge is -2.32. The zero-order chi connectivity index (χ0) is 18.7. The molecule has 1 aromatic heterocycles. The minimum Gasteiger partial charge on any atom is -0.359 e. The van der Waals surface area contributed by atoms with Crippen molar-refractivity contribution in [3.05, 3.63) is 46.9 Å². The molecule has 2 amide bonds. The van der Waals surface area contributed by atoms with Gasteiger partial charge < -0.3 is 14.7 Å². The molecule has 2 heterocycles. The first-order valence-electron chi connectivity index (χ1n) is 8.93. The molecule has 7 heteroatoms. The monoisotopic (exact) mass is 363 g/mol. The molecule has 1 aliphatic heterocycles. The second-order valence-electron chi connectivity index (χ2n) is 6.72. The smallest absolute Gasteiger partial charge is 0.321 e. The van der Waals surface area contributed by atoms with Crippen LogP contribution in [0.2, 0.25) is 0 Å². The van der Waals surface area contributed by atoms with Crippen LogP contribution in [0.3, 0.4) is 0 Å². The molecular weight excluding hydrogens is 340 g/mol. The standard InChI is InChI=1S/C19H23F2N3O2/c1-3-17-18(12(2)23-26-17)22-19(25)24-8-6-13(7-9-24)10-14-11-15(20)4-5-16(14)21/h4-5,11,13H,3,6-10H2,1-2H3,(H,22,25). The Morgan fingerprint density at radius 2 is 2.08 bits per heavy atom. The molecule has 1 aromatic carbocycles. The van der Waals surface area contributed by atoms with E-state index >= 15 is 0 Å². The predicted molar refractivity (Wildman–Crippen MR) is 94.0 cm³/mol. The fraction of sp³-hybridized carbons (Fsp3) is 0.474. The van der Waals surface area contributed by atoms with E-state index in [0.717, 1.165) is 18.9 Å². The maximum Gasteiger partial charge on any atom is 0.321 e. The Hall–Kier alpha value is -2.44. The van der Waals surface area contributed by atoms with E-state index in [0.29, 0.717) is 48.6 Å². The average Bonchev–Trinajstić information content (AvgIpc) is 2.98. The Morgan fingerprint density at radius 3 is 2.77 bits per heavy atom. The molecule has 1 N–H and O–H groups in total. The highest BCUT2D eigenvalue weighted by atomic mass is 19.1. The van der Waals surface area contributed by atoms with Crippen LogP contribution in [-0.4, -0.2) is 29.2 Å². The van der Waals surface area contributed by atoms with Crippen LogP contribution >= 0.6 is 0 Å². The third-order valence-corrected chi connectivity index (χ3v) is 4.90. The number of hydrogen-bond acceptors (Lipinski definition) is 3. The van der Waals surface area contributed by atoms with E-state index in [1.54, 1.807) is 11.8 Å². The molecule has 0 aliphatic carbocycles. The summed E-state index contributed by atoms with van der Waals surface area (Å²) in [4.78, 5) is 14.2. The summed E-state index contributed by atoms with van der Waals surface area (Å²) in [7, 11) is 0. The summed E-state index contributed by atoms with van der Waals surface area (Å²) in [5.41, 5.74) is 1.70. The number of aromatic nitrogens is 1. The first-order valence-corrected chi connectivity index (χ1v) is 8.93. The van der Waals surface area contributed by atoms with Crippen LogP contribution in [0.15, 0.2) is 22.7 Å². The van der Waals surface area contributed by atoms with E-state index in [1.807, 2.05) is 6.92 Å². The van der Waals surface area contributed by atoms with Crippen molar-refractivity contribution < 1.29 is 18.1 Å². The normalized spacial score (nSPS) is 15.3. The van der Waals surface area contributed by atoms with Gasteiger partial charge in [-0.05, 0) is 55.9 Å². The topological polar surface area (TPSA) is 58.4 Å². The number of anilines is 1. The number of urea groups is 1. The lowest BCUT2D eigenvalue weighted by atomic mass is 9.90. The van der Waals surface area contributed by atoms with Gasteiger partial charge >= 0.3 is 6.03 Å². The van der Waals surface area contributed by atoms with Gasteiger partial charge in [0.2, 0.25) is 0 Å². The van der Waals surface area contributed by atoms with Crippen molar-refractivity contribution in [1.29, 1.82) is 0 Å². The Morgan fingerprint density at radius 1 is 1.35 bits per heavy atom. The van der Waals surface area contributed by atoms with E-state index in [2.05, 4.69) is 10.5 Å². The number of nitrogens with zero attached hydrogens (tertiary/aromatic N) is 2. The van der Waals surface area contributed by atoms with Gasteiger partial charge in [0, 0.05) is 19.5 Å². The van der Waals surface area contributed by atoms with E-state index in [-0.39, 0.29) is 17.8 Å². The lowest BCUT2D eigenvalue weighted by Crippen LogP contribution is -2.41. The van der Waals surface area contributed by atoms with Crippen molar-refractivity contribution in [2.75, 3.05) is 18.4 Å². The van der Waals surface area contributed by atoms with Gasteiger partial charge in [-0.25, -0.2) is 13.6 Å². The number of benzene rings is 1. The second-order valence-corrected chi connectivity index (χ2v) is 6.72. The number of amides is 2. The molecule has 0 saturated carbocycles. The van der Waals surface area contributed by atoms with Gasteiger partial charge in [-0.1, -0.05) is 12.1 Å². The van der Waals surface area contributed by atoms with Gasteiger partial charge in [0.15, 0.2) is 5.76 Å². The molecule has 1 fully saturated rings. The van der Waals surface area contributed by atoms with Crippen LogP contribution in [-0.2, 0) is 12.8 Å².